The topological polar surface area (TPSA) is 51.8 Å². The molecule has 0 aliphatic heterocycles. The van der Waals surface area contributed by atoms with E-state index in [9.17, 15) is 0 Å². The molecule has 5 heteroatoms. The van der Waals surface area contributed by atoms with Crippen molar-refractivity contribution >= 4 is 11.6 Å². The molecule has 0 amide bonds. The van der Waals surface area contributed by atoms with Crippen molar-refractivity contribution in [3.05, 3.63) is 53.8 Å². The van der Waals surface area contributed by atoms with Crippen LogP contribution in [0, 0.1) is 0 Å². The summed E-state index contributed by atoms with van der Waals surface area (Å²) < 4.78 is 5.59. The van der Waals surface area contributed by atoms with E-state index >= 15 is 0 Å². The second-order valence-electron chi connectivity index (χ2n) is 3.66. The SMILES string of the molecule is Clc1cccc(-c2nnc(-c3cccnc3)o2)c1. The van der Waals surface area contributed by atoms with Crippen molar-refractivity contribution in [1.29, 1.82) is 0 Å². The Hall–Kier alpha value is -2.20. The highest BCUT2D eigenvalue weighted by Gasteiger charge is 2.10. The molecular weight excluding hydrogens is 250 g/mol. The van der Waals surface area contributed by atoms with Crippen molar-refractivity contribution in [2.45, 2.75) is 0 Å². The Morgan fingerprint density at radius 2 is 1.72 bits per heavy atom. The maximum atomic E-state index is 5.92. The first-order valence-corrected chi connectivity index (χ1v) is 5.70. The third-order valence-electron chi connectivity index (χ3n) is 2.41. The number of aromatic nitrogens is 3. The Balaban J connectivity index is 2.00. The minimum absolute atomic E-state index is 0.441. The number of hydrogen-bond donors (Lipinski definition) is 0. The minimum atomic E-state index is 0.441. The summed E-state index contributed by atoms with van der Waals surface area (Å²) in [6, 6.07) is 11.0. The lowest BCUT2D eigenvalue weighted by atomic mass is 10.2. The summed E-state index contributed by atoms with van der Waals surface area (Å²) in [4.78, 5) is 4.01. The van der Waals surface area contributed by atoms with Crippen molar-refractivity contribution in [3.63, 3.8) is 0 Å². The molecule has 0 fully saturated rings. The fourth-order valence-electron chi connectivity index (χ4n) is 1.57. The van der Waals surface area contributed by atoms with Crippen molar-refractivity contribution in [3.8, 4) is 22.9 Å². The fourth-order valence-corrected chi connectivity index (χ4v) is 1.76. The largest absolute Gasteiger partial charge is 0.416 e. The monoisotopic (exact) mass is 257 g/mol. The molecule has 0 spiro atoms. The van der Waals surface area contributed by atoms with Crippen molar-refractivity contribution in [1.82, 2.24) is 15.2 Å². The van der Waals surface area contributed by atoms with E-state index in [1.807, 2.05) is 24.3 Å². The Bertz CT molecular complexity index is 667. The van der Waals surface area contributed by atoms with Gasteiger partial charge in [-0.05, 0) is 30.3 Å². The second kappa shape index (κ2) is 4.58. The van der Waals surface area contributed by atoms with E-state index in [2.05, 4.69) is 15.2 Å². The molecule has 2 heterocycles. The van der Waals surface area contributed by atoms with E-state index in [0.717, 1.165) is 11.1 Å². The first kappa shape index (κ1) is 10.9. The van der Waals surface area contributed by atoms with Gasteiger partial charge in [-0.1, -0.05) is 17.7 Å². The Labute approximate surface area is 108 Å². The predicted octanol–water partition coefficient (Wildman–Crippen LogP) is 3.45. The molecule has 4 nitrogen and oxygen atoms in total. The third kappa shape index (κ3) is 2.10. The second-order valence-corrected chi connectivity index (χ2v) is 4.10. The van der Waals surface area contributed by atoms with E-state index in [0.29, 0.717) is 16.8 Å². The molecule has 3 rings (SSSR count). The molecule has 0 N–H and O–H groups in total. The van der Waals surface area contributed by atoms with Gasteiger partial charge in [-0.2, -0.15) is 0 Å². The fraction of sp³-hybridized carbons (Fsp3) is 0. The summed E-state index contributed by atoms with van der Waals surface area (Å²) in [6.07, 6.45) is 3.37. The molecule has 18 heavy (non-hydrogen) atoms. The molecule has 2 aromatic heterocycles. The molecule has 88 valence electrons. The summed E-state index contributed by atoms with van der Waals surface area (Å²) in [5.41, 5.74) is 1.59. The third-order valence-corrected chi connectivity index (χ3v) is 2.64. The highest BCUT2D eigenvalue weighted by Crippen LogP contribution is 2.24. The molecule has 0 saturated heterocycles. The molecule has 0 saturated carbocycles. The summed E-state index contributed by atoms with van der Waals surface area (Å²) in [5, 5.41) is 8.63. The maximum Gasteiger partial charge on any atom is 0.249 e. The lowest BCUT2D eigenvalue weighted by molar-refractivity contribution is 0.584. The van der Waals surface area contributed by atoms with Gasteiger partial charge < -0.3 is 4.42 Å². The first-order chi connectivity index (χ1) is 8.83. The van der Waals surface area contributed by atoms with Gasteiger partial charge in [-0.3, -0.25) is 4.98 Å². The number of benzene rings is 1. The van der Waals surface area contributed by atoms with Gasteiger partial charge in [0.25, 0.3) is 0 Å². The van der Waals surface area contributed by atoms with Gasteiger partial charge in [-0.15, -0.1) is 10.2 Å². The van der Waals surface area contributed by atoms with Gasteiger partial charge in [0.05, 0.1) is 5.56 Å². The molecule has 0 unspecified atom stereocenters. The smallest absolute Gasteiger partial charge is 0.249 e. The molecule has 0 bridgehead atoms. The van der Waals surface area contributed by atoms with Crippen LogP contribution in [0.1, 0.15) is 0 Å². The summed E-state index contributed by atoms with van der Waals surface area (Å²) >= 11 is 5.92. The Morgan fingerprint density at radius 1 is 0.944 bits per heavy atom. The van der Waals surface area contributed by atoms with Crippen molar-refractivity contribution in [2.75, 3.05) is 0 Å². The van der Waals surface area contributed by atoms with Crippen LogP contribution in [0.2, 0.25) is 5.02 Å². The van der Waals surface area contributed by atoms with Gasteiger partial charge in [0.1, 0.15) is 0 Å². The molecule has 1 aromatic carbocycles. The zero-order valence-corrected chi connectivity index (χ0v) is 10.0. The zero-order valence-electron chi connectivity index (χ0n) is 9.25. The van der Waals surface area contributed by atoms with Crippen LogP contribution in [-0.4, -0.2) is 15.2 Å². The number of nitrogens with zero attached hydrogens (tertiary/aromatic N) is 3. The normalized spacial score (nSPS) is 10.5. The summed E-state index contributed by atoms with van der Waals surface area (Å²) in [6.45, 7) is 0. The summed E-state index contributed by atoms with van der Waals surface area (Å²) in [7, 11) is 0. The van der Waals surface area contributed by atoms with Gasteiger partial charge in [-0.25, -0.2) is 0 Å². The first-order valence-electron chi connectivity index (χ1n) is 5.33. The standard InChI is InChI=1S/C13H8ClN3O/c14-11-5-1-3-9(7-11)12-16-17-13(18-12)10-4-2-6-15-8-10/h1-8H. The van der Waals surface area contributed by atoms with Crippen molar-refractivity contribution < 1.29 is 4.42 Å². The minimum Gasteiger partial charge on any atom is -0.416 e. The number of hydrogen-bond acceptors (Lipinski definition) is 4. The quantitative estimate of drug-likeness (QED) is 0.706. The van der Waals surface area contributed by atoms with Gasteiger partial charge in [0.15, 0.2) is 0 Å². The van der Waals surface area contributed by atoms with E-state index in [4.69, 9.17) is 16.0 Å². The van der Waals surface area contributed by atoms with Gasteiger partial charge >= 0.3 is 0 Å². The van der Waals surface area contributed by atoms with E-state index in [-0.39, 0.29) is 0 Å². The van der Waals surface area contributed by atoms with E-state index < -0.39 is 0 Å². The van der Waals surface area contributed by atoms with Crippen LogP contribution in [0.3, 0.4) is 0 Å². The average Bonchev–Trinajstić information content (AvgIpc) is 2.89. The highest BCUT2D eigenvalue weighted by atomic mass is 35.5. The molecule has 3 aromatic rings. The number of halogens is 1. The Kier molecular flexibility index (Phi) is 2.78. The summed E-state index contributed by atoms with van der Waals surface area (Å²) in [5.74, 6) is 0.884. The van der Waals surface area contributed by atoms with Crippen molar-refractivity contribution in [2.24, 2.45) is 0 Å². The lowest BCUT2D eigenvalue weighted by Gasteiger charge is -1.95. The highest BCUT2D eigenvalue weighted by molar-refractivity contribution is 6.30. The van der Waals surface area contributed by atoms with Gasteiger partial charge in [0.2, 0.25) is 11.8 Å². The van der Waals surface area contributed by atoms with Crippen LogP contribution < -0.4 is 0 Å². The van der Waals surface area contributed by atoms with Crippen LogP contribution in [0.5, 0.6) is 0 Å². The molecule has 0 radical (unpaired) electrons. The van der Waals surface area contributed by atoms with Crippen LogP contribution in [0.15, 0.2) is 53.2 Å². The van der Waals surface area contributed by atoms with Crippen LogP contribution in [0.4, 0.5) is 0 Å². The zero-order chi connectivity index (χ0) is 12.4. The molecule has 0 aliphatic rings. The predicted molar refractivity (Wildman–Crippen MR) is 68.0 cm³/mol. The maximum absolute atomic E-state index is 5.92. The number of rotatable bonds is 2. The van der Waals surface area contributed by atoms with E-state index in [1.165, 1.54) is 0 Å². The van der Waals surface area contributed by atoms with Crippen LogP contribution in [-0.2, 0) is 0 Å². The Morgan fingerprint density at radius 3 is 2.44 bits per heavy atom. The van der Waals surface area contributed by atoms with E-state index in [1.54, 1.807) is 24.5 Å². The molecular formula is C13H8ClN3O. The lowest BCUT2D eigenvalue weighted by Crippen LogP contribution is -1.78. The van der Waals surface area contributed by atoms with Crippen LogP contribution in [0.25, 0.3) is 22.9 Å². The van der Waals surface area contributed by atoms with Crippen LogP contribution >= 0.6 is 11.6 Å². The molecule has 0 aliphatic carbocycles. The van der Waals surface area contributed by atoms with Gasteiger partial charge in [0, 0.05) is 23.0 Å². The average molecular weight is 258 g/mol. The molecule has 0 atom stereocenters. The number of pyridine rings is 1.